The number of halogens is 1. The Labute approximate surface area is 208 Å². The van der Waals surface area contributed by atoms with Crippen LogP contribution in [-0.4, -0.2) is 61.1 Å². The van der Waals surface area contributed by atoms with Gasteiger partial charge in [-0.25, -0.2) is 4.39 Å². The van der Waals surface area contributed by atoms with Gasteiger partial charge < -0.3 is 31.1 Å². The molecule has 10 heteroatoms. The molecule has 4 rings (SSSR count). The van der Waals surface area contributed by atoms with Gasteiger partial charge in [0.1, 0.15) is 24.2 Å². The van der Waals surface area contributed by atoms with Crippen molar-refractivity contribution in [2.75, 3.05) is 32.5 Å². The van der Waals surface area contributed by atoms with Crippen molar-refractivity contribution in [3.8, 4) is 0 Å². The number of aliphatic carboxylic acids is 1. The highest BCUT2D eigenvalue weighted by Crippen LogP contribution is 2.41. The first kappa shape index (κ1) is 25.2. The lowest BCUT2D eigenvalue weighted by Crippen LogP contribution is -2.38. The zero-order valence-corrected chi connectivity index (χ0v) is 20.3. The minimum atomic E-state index is -0.898. The normalized spacial score (nSPS) is 17.3. The second-order valence-electron chi connectivity index (χ2n) is 9.00. The summed E-state index contributed by atoms with van der Waals surface area (Å²) in [5.41, 5.74) is 9.88. The molecule has 2 aromatic rings. The van der Waals surface area contributed by atoms with E-state index in [1.165, 1.54) is 12.1 Å². The Morgan fingerprint density at radius 1 is 1.28 bits per heavy atom. The van der Waals surface area contributed by atoms with Gasteiger partial charge in [0.25, 0.3) is 5.91 Å². The van der Waals surface area contributed by atoms with Gasteiger partial charge in [-0.2, -0.15) is 0 Å². The van der Waals surface area contributed by atoms with Gasteiger partial charge in [0, 0.05) is 43.0 Å². The third-order valence-electron chi connectivity index (χ3n) is 6.22. The zero-order chi connectivity index (χ0) is 25.8. The van der Waals surface area contributed by atoms with Crippen LogP contribution < -0.4 is 16.4 Å². The summed E-state index contributed by atoms with van der Waals surface area (Å²) in [6.07, 6.45) is 1.68. The molecule has 0 bridgehead atoms. The van der Waals surface area contributed by atoms with Crippen LogP contribution in [0, 0.1) is 5.82 Å². The predicted molar refractivity (Wildman–Crippen MR) is 136 cm³/mol. The summed E-state index contributed by atoms with van der Waals surface area (Å²) in [5.74, 6) is -0.778. The Bertz CT molecular complexity index is 1240. The Morgan fingerprint density at radius 3 is 2.83 bits per heavy atom. The summed E-state index contributed by atoms with van der Waals surface area (Å²) in [5, 5.41) is 15.4. The average Bonchev–Trinajstić information content (AvgIpc) is 3.38. The monoisotopic (exact) mass is 495 g/mol. The van der Waals surface area contributed by atoms with Gasteiger partial charge in [-0.3, -0.25) is 14.6 Å². The number of carbonyl (C=O) groups excluding carboxylic acids is 1. The number of carboxylic acid groups (broad SMARTS) is 1. The van der Waals surface area contributed by atoms with Crippen LogP contribution in [0.4, 0.5) is 10.1 Å². The molecule has 0 aliphatic carbocycles. The molecule has 0 saturated heterocycles. The number of carbonyl (C=O) groups is 2. The van der Waals surface area contributed by atoms with E-state index in [4.69, 9.17) is 10.5 Å². The molecule has 0 radical (unpaired) electrons. The van der Waals surface area contributed by atoms with Gasteiger partial charge in [-0.05, 0) is 49.6 Å². The van der Waals surface area contributed by atoms with Gasteiger partial charge in [0.15, 0.2) is 5.96 Å². The smallest absolute Gasteiger partial charge is 0.320 e. The largest absolute Gasteiger partial charge is 0.487 e. The number of amides is 1. The number of ether oxygens (including phenoxy) is 1. The predicted octanol–water partition coefficient (Wildman–Crippen LogP) is 2.42. The molecule has 0 fully saturated rings. The summed E-state index contributed by atoms with van der Waals surface area (Å²) in [4.78, 5) is 30.1. The number of rotatable bonds is 9. The van der Waals surface area contributed by atoms with Crippen LogP contribution in [0.15, 0.2) is 41.4 Å². The molecule has 2 aliphatic heterocycles. The number of hydrogen-bond acceptors (Lipinski definition) is 5. The Balaban J connectivity index is 1.38. The first-order chi connectivity index (χ1) is 17.2. The molecule has 0 aromatic heterocycles. The van der Waals surface area contributed by atoms with Crippen LogP contribution in [0.3, 0.4) is 0 Å². The summed E-state index contributed by atoms with van der Waals surface area (Å²) in [7, 11) is 3.60. The van der Waals surface area contributed by atoms with Crippen LogP contribution in [0.1, 0.15) is 35.1 Å². The molecule has 36 heavy (non-hydrogen) atoms. The van der Waals surface area contributed by atoms with Crippen LogP contribution >= 0.6 is 0 Å². The third kappa shape index (κ3) is 5.49. The summed E-state index contributed by atoms with van der Waals surface area (Å²) >= 11 is 0. The van der Waals surface area contributed by atoms with Crippen LogP contribution in [-0.2, 0) is 27.4 Å². The van der Waals surface area contributed by atoms with Crippen LogP contribution in [0.2, 0.25) is 0 Å². The van der Waals surface area contributed by atoms with Gasteiger partial charge in [-0.15, -0.1) is 0 Å². The van der Waals surface area contributed by atoms with Crippen molar-refractivity contribution in [1.29, 1.82) is 0 Å². The summed E-state index contributed by atoms with van der Waals surface area (Å²) < 4.78 is 19.7. The summed E-state index contributed by atoms with van der Waals surface area (Å²) in [6.45, 7) is 1.26. The standard InChI is InChI=1S/C26H30FN5O4/c1-32(2)26(28)30-10-3-4-21(25(34)35)29-11-9-15-5-7-18-16(12-15)14-36-23(18)22-19-13-17(27)6-8-20(19)31-24(22)33/h5-8,12-13,21,29H,3-4,9-11,14H2,1-2H3,(H2,28,30)(H,31,33)(H,34,35)/t21-/m0/s1. The van der Waals surface area contributed by atoms with Crippen molar-refractivity contribution in [1.82, 2.24) is 10.2 Å². The highest BCUT2D eigenvalue weighted by atomic mass is 19.1. The molecule has 9 nitrogen and oxygen atoms in total. The first-order valence-electron chi connectivity index (χ1n) is 11.8. The molecular weight excluding hydrogens is 465 g/mol. The maximum atomic E-state index is 13.8. The number of carboxylic acids is 1. The second kappa shape index (κ2) is 10.8. The lowest BCUT2D eigenvalue weighted by Gasteiger charge is -2.15. The molecule has 2 aromatic carbocycles. The van der Waals surface area contributed by atoms with Gasteiger partial charge >= 0.3 is 5.97 Å². The Hall–Kier alpha value is -3.92. The molecule has 5 N–H and O–H groups in total. The number of nitrogens with zero attached hydrogens (tertiary/aromatic N) is 2. The molecular formula is C26H30FN5O4. The quantitative estimate of drug-likeness (QED) is 0.182. The number of aliphatic imine (C=N–C) groups is 1. The van der Waals surface area contributed by atoms with Crippen molar-refractivity contribution >= 4 is 34.9 Å². The fourth-order valence-electron chi connectivity index (χ4n) is 4.28. The molecule has 190 valence electrons. The maximum Gasteiger partial charge on any atom is 0.320 e. The zero-order valence-electron chi connectivity index (χ0n) is 20.3. The highest BCUT2D eigenvalue weighted by Gasteiger charge is 2.32. The van der Waals surface area contributed by atoms with E-state index in [2.05, 4.69) is 15.6 Å². The van der Waals surface area contributed by atoms with Crippen molar-refractivity contribution < 1.29 is 23.8 Å². The van der Waals surface area contributed by atoms with E-state index in [0.29, 0.717) is 67.5 Å². The van der Waals surface area contributed by atoms with Crippen LogP contribution in [0.5, 0.6) is 0 Å². The van der Waals surface area contributed by atoms with E-state index in [-0.39, 0.29) is 5.91 Å². The van der Waals surface area contributed by atoms with Crippen molar-refractivity contribution in [3.63, 3.8) is 0 Å². The molecule has 2 heterocycles. The van der Waals surface area contributed by atoms with E-state index in [9.17, 15) is 19.1 Å². The number of hydrogen-bond donors (Lipinski definition) is 4. The number of nitrogens with two attached hydrogens (primary N) is 1. The van der Waals surface area contributed by atoms with Crippen molar-refractivity contribution in [2.24, 2.45) is 10.7 Å². The van der Waals surface area contributed by atoms with E-state index in [0.717, 1.165) is 16.7 Å². The number of benzene rings is 2. The molecule has 2 aliphatic rings. The van der Waals surface area contributed by atoms with Crippen LogP contribution in [0.25, 0.3) is 11.3 Å². The van der Waals surface area contributed by atoms with Crippen molar-refractivity contribution in [3.05, 3.63) is 64.5 Å². The number of fused-ring (bicyclic) bond motifs is 2. The average molecular weight is 496 g/mol. The van der Waals surface area contributed by atoms with Gasteiger partial charge in [0.05, 0.1) is 5.57 Å². The Kier molecular flexibility index (Phi) is 7.54. The third-order valence-corrected chi connectivity index (χ3v) is 6.22. The lowest BCUT2D eigenvalue weighted by molar-refractivity contribution is -0.139. The minimum absolute atomic E-state index is 0.307. The van der Waals surface area contributed by atoms with Gasteiger partial charge in [0.2, 0.25) is 0 Å². The SMILES string of the molecule is CN(C)C(N)=NCCC[C@H](NCCc1ccc2c(c1)COC2=C1C(=O)Nc2ccc(F)cc21)C(=O)O. The number of nitrogens with one attached hydrogen (secondary N) is 2. The second-order valence-corrected chi connectivity index (χ2v) is 9.00. The molecule has 1 amide bonds. The molecule has 0 spiro atoms. The molecule has 1 atom stereocenters. The minimum Gasteiger partial charge on any atom is -0.487 e. The topological polar surface area (TPSA) is 129 Å². The van der Waals surface area contributed by atoms with E-state index < -0.39 is 17.8 Å². The number of anilines is 1. The van der Waals surface area contributed by atoms with Crippen molar-refractivity contribution in [2.45, 2.75) is 31.9 Å². The first-order valence-corrected chi connectivity index (χ1v) is 11.8. The summed E-state index contributed by atoms with van der Waals surface area (Å²) in [6, 6.07) is 9.34. The molecule has 0 saturated carbocycles. The Morgan fingerprint density at radius 2 is 2.08 bits per heavy atom. The maximum absolute atomic E-state index is 13.8. The fraction of sp³-hybridized carbons (Fsp3) is 0.346. The van der Waals surface area contributed by atoms with Gasteiger partial charge in [-0.1, -0.05) is 18.2 Å². The highest BCUT2D eigenvalue weighted by molar-refractivity contribution is 6.36. The number of guanidine groups is 1. The lowest BCUT2D eigenvalue weighted by atomic mass is 9.98. The molecule has 0 unspecified atom stereocenters. The van der Waals surface area contributed by atoms with E-state index >= 15 is 0 Å². The van der Waals surface area contributed by atoms with E-state index in [1.54, 1.807) is 25.1 Å². The fourth-order valence-corrected chi connectivity index (χ4v) is 4.28. The van der Waals surface area contributed by atoms with E-state index in [1.807, 2.05) is 18.2 Å².